The van der Waals surface area contributed by atoms with Crippen molar-refractivity contribution in [2.75, 3.05) is 13.2 Å². The summed E-state index contributed by atoms with van der Waals surface area (Å²) in [6.07, 6.45) is 2.99. The summed E-state index contributed by atoms with van der Waals surface area (Å²) in [6, 6.07) is 3.94. The Balaban J connectivity index is 1.74. The Hall–Kier alpha value is -1.58. The van der Waals surface area contributed by atoms with E-state index in [-0.39, 0.29) is 0 Å². The van der Waals surface area contributed by atoms with Crippen molar-refractivity contribution >= 4 is 5.91 Å². The number of ether oxygens (including phenoxy) is 1. The van der Waals surface area contributed by atoms with E-state index in [2.05, 4.69) is 4.98 Å². The van der Waals surface area contributed by atoms with Gasteiger partial charge in [0.25, 0.3) is 0 Å². The highest BCUT2D eigenvalue weighted by atomic mass is 16.5. The molecule has 0 aromatic carbocycles. The number of nitrogens with zero attached hydrogens (tertiary/aromatic N) is 2. The first-order chi connectivity index (χ1) is 8.78. The first-order valence-electron chi connectivity index (χ1n) is 6.68. The lowest BCUT2D eigenvalue weighted by atomic mass is 10.1. The second kappa shape index (κ2) is 4.59. The summed E-state index contributed by atoms with van der Waals surface area (Å²) >= 11 is 0. The predicted molar refractivity (Wildman–Crippen MR) is 67.3 cm³/mol. The van der Waals surface area contributed by atoms with E-state index in [1.807, 2.05) is 24.0 Å². The molecule has 0 N–H and O–H groups in total. The average Bonchev–Trinajstić information content (AvgIpc) is 3.22. The summed E-state index contributed by atoms with van der Waals surface area (Å²) in [5.74, 6) is 1.33. The van der Waals surface area contributed by atoms with Gasteiger partial charge in [-0.3, -0.25) is 4.79 Å². The summed E-state index contributed by atoms with van der Waals surface area (Å²) in [5.41, 5.74) is 2.25. The maximum Gasteiger partial charge on any atom is 0.225 e. The first-order valence-corrected chi connectivity index (χ1v) is 6.68. The Morgan fingerprint density at radius 3 is 3.06 bits per heavy atom. The average molecular weight is 246 g/mol. The zero-order valence-corrected chi connectivity index (χ0v) is 10.7. The molecule has 1 aliphatic carbocycles. The minimum absolute atomic E-state index is 0.308. The van der Waals surface area contributed by atoms with Gasteiger partial charge in [0.05, 0.1) is 12.3 Å². The van der Waals surface area contributed by atoms with Gasteiger partial charge in [0.15, 0.2) is 0 Å². The molecule has 1 aromatic heterocycles. The molecule has 1 fully saturated rings. The molecular formula is C14H18N2O2. The highest BCUT2D eigenvalue weighted by Crippen LogP contribution is 2.32. The number of rotatable bonds is 3. The Labute approximate surface area is 107 Å². The Kier molecular flexibility index (Phi) is 2.94. The normalized spacial score (nSPS) is 18.4. The van der Waals surface area contributed by atoms with E-state index in [1.165, 1.54) is 5.56 Å². The van der Waals surface area contributed by atoms with Crippen LogP contribution in [0.2, 0.25) is 0 Å². The van der Waals surface area contributed by atoms with Crippen LogP contribution in [0.25, 0.3) is 0 Å². The molecule has 3 rings (SSSR count). The fraction of sp³-hybridized carbons (Fsp3) is 0.571. The van der Waals surface area contributed by atoms with Crippen molar-refractivity contribution in [2.24, 2.45) is 5.92 Å². The van der Waals surface area contributed by atoms with Gasteiger partial charge < -0.3 is 9.64 Å². The van der Waals surface area contributed by atoms with Crippen molar-refractivity contribution in [2.45, 2.75) is 32.7 Å². The van der Waals surface area contributed by atoms with Crippen molar-refractivity contribution in [3.63, 3.8) is 0 Å². The molecule has 1 aromatic rings. The molecule has 96 valence electrons. The predicted octanol–water partition coefficient (Wildman–Crippen LogP) is 1.77. The van der Waals surface area contributed by atoms with Gasteiger partial charge >= 0.3 is 0 Å². The SMILES string of the molecule is CCOc1ccc2c(n1)CCN(C(=O)C1CC1)C2. The number of hydrogen-bond donors (Lipinski definition) is 0. The van der Waals surface area contributed by atoms with Crippen LogP contribution in [0, 0.1) is 5.92 Å². The van der Waals surface area contributed by atoms with Crippen LogP contribution in [0.15, 0.2) is 12.1 Å². The summed E-state index contributed by atoms with van der Waals surface area (Å²) < 4.78 is 5.40. The molecule has 2 aliphatic rings. The highest BCUT2D eigenvalue weighted by Gasteiger charge is 2.34. The monoisotopic (exact) mass is 246 g/mol. The quantitative estimate of drug-likeness (QED) is 0.816. The van der Waals surface area contributed by atoms with Crippen molar-refractivity contribution in [1.82, 2.24) is 9.88 Å². The molecule has 1 aliphatic heterocycles. The van der Waals surface area contributed by atoms with Gasteiger partial charge in [0.2, 0.25) is 11.8 Å². The fourth-order valence-corrected chi connectivity index (χ4v) is 2.40. The largest absolute Gasteiger partial charge is 0.478 e. The van der Waals surface area contributed by atoms with Crippen LogP contribution in [-0.2, 0) is 17.8 Å². The van der Waals surface area contributed by atoms with Crippen molar-refractivity contribution in [3.8, 4) is 5.88 Å². The molecule has 0 saturated heterocycles. The zero-order valence-electron chi connectivity index (χ0n) is 10.7. The van der Waals surface area contributed by atoms with Crippen LogP contribution >= 0.6 is 0 Å². The molecular weight excluding hydrogens is 228 g/mol. The number of hydrogen-bond acceptors (Lipinski definition) is 3. The lowest BCUT2D eigenvalue weighted by molar-refractivity contribution is -0.133. The smallest absolute Gasteiger partial charge is 0.225 e. The Morgan fingerprint density at radius 2 is 2.33 bits per heavy atom. The molecule has 0 atom stereocenters. The van der Waals surface area contributed by atoms with E-state index in [0.717, 1.165) is 31.5 Å². The van der Waals surface area contributed by atoms with Gasteiger partial charge in [-0.25, -0.2) is 4.98 Å². The minimum atomic E-state index is 0.308. The topological polar surface area (TPSA) is 42.4 Å². The molecule has 18 heavy (non-hydrogen) atoms. The van der Waals surface area contributed by atoms with Crippen LogP contribution in [0.3, 0.4) is 0 Å². The third-order valence-corrected chi connectivity index (χ3v) is 3.55. The maximum absolute atomic E-state index is 12.0. The van der Waals surface area contributed by atoms with Gasteiger partial charge in [0, 0.05) is 31.5 Å². The van der Waals surface area contributed by atoms with E-state index in [9.17, 15) is 4.79 Å². The van der Waals surface area contributed by atoms with Crippen LogP contribution in [0.1, 0.15) is 31.0 Å². The lowest BCUT2D eigenvalue weighted by Gasteiger charge is -2.28. The van der Waals surface area contributed by atoms with Gasteiger partial charge in [-0.1, -0.05) is 6.07 Å². The molecule has 0 radical (unpaired) electrons. The molecule has 1 amide bonds. The van der Waals surface area contributed by atoms with E-state index in [4.69, 9.17) is 4.74 Å². The summed E-state index contributed by atoms with van der Waals surface area (Å²) in [7, 11) is 0. The summed E-state index contributed by atoms with van der Waals surface area (Å²) in [4.78, 5) is 18.5. The third kappa shape index (κ3) is 2.19. The number of aromatic nitrogens is 1. The molecule has 0 bridgehead atoms. The van der Waals surface area contributed by atoms with Crippen LogP contribution in [0.5, 0.6) is 5.88 Å². The second-order valence-electron chi connectivity index (χ2n) is 4.97. The maximum atomic E-state index is 12.0. The van der Waals surface area contributed by atoms with Crippen molar-refractivity contribution < 1.29 is 9.53 Å². The molecule has 0 unspecified atom stereocenters. The van der Waals surface area contributed by atoms with E-state index in [1.54, 1.807) is 0 Å². The van der Waals surface area contributed by atoms with Crippen LogP contribution in [-0.4, -0.2) is 28.9 Å². The van der Waals surface area contributed by atoms with Gasteiger partial charge in [-0.05, 0) is 25.3 Å². The van der Waals surface area contributed by atoms with E-state index in [0.29, 0.717) is 30.9 Å². The lowest BCUT2D eigenvalue weighted by Crippen LogP contribution is -2.37. The number of amides is 1. The van der Waals surface area contributed by atoms with Gasteiger partial charge in [-0.2, -0.15) is 0 Å². The van der Waals surface area contributed by atoms with Gasteiger partial charge in [-0.15, -0.1) is 0 Å². The molecule has 0 spiro atoms. The number of fused-ring (bicyclic) bond motifs is 1. The van der Waals surface area contributed by atoms with Gasteiger partial charge in [0.1, 0.15) is 0 Å². The molecule has 4 nitrogen and oxygen atoms in total. The Bertz CT molecular complexity index is 469. The molecule has 4 heteroatoms. The van der Waals surface area contributed by atoms with Crippen molar-refractivity contribution in [3.05, 3.63) is 23.4 Å². The molecule has 2 heterocycles. The van der Waals surface area contributed by atoms with E-state index >= 15 is 0 Å². The number of carbonyl (C=O) groups is 1. The summed E-state index contributed by atoms with van der Waals surface area (Å²) in [6.45, 7) is 4.10. The summed E-state index contributed by atoms with van der Waals surface area (Å²) in [5, 5.41) is 0. The van der Waals surface area contributed by atoms with E-state index < -0.39 is 0 Å². The first kappa shape index (κ1) is 11.5. The number of carbonyl (C=O) groups excluding carboxylic acids is 1. The fourth-order valence-electron chi connectivity index (χ4n) is 2.40. The van der Waals surface area contributed by atoms with Crippen LogP contribution in [0.4, 0.5) is 0 Å². The van der Waals surface area contributed by atoms with Crippen LogP contribution < -0.4 is 4.74 Å². The molecule has 1 saturated carbocycles. The van der Waals surface area contributed by atoms with Crippen molar-refractivity contribution in [1.29, 1.82) is 0 Å². The second-order valence-corrected chi connectivity index (χ2v) is 4.97. The Morgan fingerprint density at radius 1 is 1.50 bits per heavy atom. The number of pyridine rings is 1. The minimum Gasteiger partial charge on any atom is -0.478 e. The standard InChI is InChI=1S/C14H18N2O2/c1-2-18-13-6-5-11-9-16(8-7-12(11)15-13)14(17)10-3-4-10/h5-6,10H,2-4,7-9H2,1H3. The zero-order chi connectivity index (χ0) is 12.5. The highest BCUT2D eigenvalue weighted by molar-refractivity contribution is 5.81. The third-order valence-electron chi connectivity index (χ3n) is 3.55.